The van der Waals surface area contributed by atoms with E-state index in [2.05, 4.69) is 24.3 Å². The fraction of sp³-hybridized carbons (Fsp3) is 0.450. The summed E-state index contributed by atoms with van der Waals surface area (Å²) >= 11 is 0. The van der Waals surface area contributed by atoms with E-state index >= 15 is 0 Å². The number of hydrogen-bond acceptors (Lipinski definition) is 6. The second kappa shape index (κ2) is 7.92. The normalized spacial score (nSPS) is 17.1. The number of nitrogens with two attached hydrogens (primary N) is 1. The highest BCUT2D eigenvalue weighted by Gasteiger charge is 2.29. The summed E-state index contributed by atoms with van der Waals surface area (Å²) in [6, 6.07) is 6.92. The Kier molecular flexibility index (Phi) is 5.60. The molecule has 1 aliphatic rings. The Morgan fingerprint density at radius 1 is 1.37 bits per heavy atom. The summed E-state index contributed by atoms with van der Waals surface area (Å²) in [5, 5.41) is 0. The van der Waals surface area contributed by atoms with Crippen LogP contribution in [0.15, 0.2) is 29.3 Å². The molecular formula is C20H27N5O2. The third-order valence-corrected chi connectivity index (χ3v) is 4.80. The average Bonchev–Trinajstić information content (AvgIpc) is 2.98. The smallest absolute Gasteiger partial charge is 0.151 e. The summed E-state index contributed by atoms with van der Waals surface area (Å²) in [5.41, 5.74) is 11.5. The van der Waals surface area contributed by atoms with Gasteiger partial charge in [0.05, 0.1) is 11.4 Å². The van der Waals surface area contributed by atoms with Crippen molar-refractivity contribution in [3.63, 3.8) is 0 Å². The highest BCUT2D eigenvalue weighted by molar-refractivity contribution is 6.06. The van der Waals surface area contributed by atoms with Crippen molar-refractivity contribution in [1.29, 1.82) is 0 Å². The molecule has 0 aliphatic carbocycles. The number of aliphatic imine (C=N–C) groups is 1. The summed E-state index contributed by atoms with van der Waals surface area (Å²) in [6.07, 6.45) is 2.41. The molecule has 0 fully saturated rings. The van der Waals surface area contributed by atoms with Crippen LogP contribution in [0.25, 0.3) is 0 Å². The molecule has 0 spiro atoms. The van der Waals surface area contributed by atoms with Gasteiger partial charge in [-0.1, -0.05) is 26.0 Å². The monoisotopic (exact) mass is 369 g/mol. The Hall–Kier alpha value is -2.67. The zero-order chi connectivity index (χ0) is 19.6. The molecule has 1 aromatic heterocycles. The maximum absolute atomic E-state index is 11.8. The third-order valence-electron chi connectivity index (χ3n) is 4.80. The van der Waals surface area contributed by atoms with E-state index in [-0.39, 0.29) is 0 Å². The van der Waals surface area contributed by atoms with Gasteiger partial charge < -0.3 is 9.53 Å². The van der Waals surface area contributed by atoms with Gasteiger partial charge >= 0.3 is 0 Å². The standard InChI is InChI=1S/C20H27N5O2/c1-5-14(6-2)20-22-12(3)18-17(11-26)23-19(24-25(18)20)15-8-7-9-16(10-15)27-13(4)21/h7-11,13-14,17H,5-6,21H2,1-4H3,(H,23,24). The van der Waals surface area contributed by atoms with Crippen LogP contribution in [0.5, 0.6) is 5.75 Å². The molecule has 0 bridgehead atoms. The van der Waals surface area contributed by atoms with Gasteiger partial charge in [0.1, 0.15) is 23.6 Å². The first kappa shape index (κ1) is 19.1. The Bertz CT molecular complexity index is 852. The van der Waals surface area contributed by atoms with E-state index in [4.69, 9.17) is 15.5 Å². The second-order valence-corrected chi connectivity index (χ2v) is 6.81. The number of aldehydes is 1. The van der Waals surface area contributed by atoms with E-state index in [9.17, 15) is 4.79 Å². The minimum atomic E-state index is -0.588. The number of nitrogens with zero attached hydrogens (tertiary/aromatic N) is 3. The lowest BCUT2D eigenvalue weighted by atomic mass is 10.0. The molecule has 3 N–H and O–H groups in total. The maximum Gasteiger partial charge on any atom is 0.151 e. The molecule has 1 aromatic carbocycles. The number of carbonyl (C=O) groups is 1. The summed E-state index contributed by atoms with van der Waals surface area (Å²) in [5.74, 6) is 2.51. The first-order chi connectivity index (χ1) is 13.0. The molecule has 7 nitrogen and oxygen atoms in total. The first-order valence-corrected chi connectivity index (χ1v) is 9.40. The number of rotatable bonds is 7. The van der Waals surface area contributed by atoms with Crippen LogP contribution in [0.1, 0.15) is 68.3 Å². The Balaban J connectivity index is 2.03. The quantitative estimate of drug-likeness (QED) is 0.578. The van der Waals surface area contributed by atoms with Crippen molar-refractivity contribution in [3.8, 4) is 5.75 Å². The van der Waals surface area contributed by atoms with Crippen molar-refractivity contribution < 1.29 is 9.53 Å². The summed E-state index contributed by atoms with van der Waals surface area (Å²) in [7, 11) is 0. The van der Waals surface area contributed by atoms with E-state index in [1.54, 1.807) is 6.92 Å². The van der Waals surface area contributed by atoms with Crippen LogP contribution in [0, 0.1) is 6.92 Å². The molecule has 0 saturated heterocycles. The Labute approximate surface area is 159 Å². The average molecular weight is 369 g/mol. The van der Waals surface area contributed by atoms with E-state index in [1.807, 2.05) is 35.9 Å². The molecule has 0 saturated carbocycles. The third kappa shape index (κ3) is 3.73. The summed E-state index contributed by atoms with van der Waals surface area (Å²) in [6.45, 7) is 7.99. The van der Waals surface area contributed by atoms with E-state index in [0.717, 1.165) is 41.9 Å². The van der Waals surface area contributed by atoms with Crippen LogP contribution < -0.4 is 15.9 Å². The van der Waals surface area contributed by atoms with Gasteiger partial charge in [0.25, 0.3) is 0 Å². The molecule has 27 heavy (non-hydrogen) atoms. The van der Waals surface area contributed by atoms with Crippen LogP contribution in [-0.2, 0) is 4.79 Å². The van der Waals surface area contributed by atoms with Crippen molar-refractivity contribution in [2.75, 3.05) is 5.43 Å². The van der Waals surface area contributed by atoms with Gasteiger partial charge in [-0.25, -0.2) is 14.7 Å². The fourth-order valence-corrected chi connectivity index (χ4v) is 3.46. The topological polar surface area (TPSA) is 94.5 Å². The van der Waals surface area contributed by atoms with Crippen LogP contribution in [0.3, 0.4) is 0 Å². The molecule has 1 aliphatic heterocycles. The van der Waals surface area contributed by atoms with Crippen molar-refractivity contribution in [2.45, 2.75) is 58.7 Å². The number of fused-ring (bicyclic) bond motifs is 1. The number of amidine groups is 1. The first-order valence-electron chi connectivity index (χ1n) is 9.40. The predicted molar refractivity (Wildman–Crippen MR) is 106 cm³/mol. The lowest BCUT2D eigenvalue weighted by Gasteiger charge is -2.25. The Morgan fingerprint density at radius 3 is 2.74 bits per heavy atom. The van der Waals surface area contributed by atoms with Gasteiger partial charge in [0.15, 0.2) is 12.3 Å². The molecular weight excluding hydrogens is 342 g/mol. The predicted octanol–water partition coefficient (Wildman–Crippen LogP) is 3.02. The number of nitrogens with one attached hydrogen (secondary N) is 1. The van der Waals surface area contributed by atoms with Crippen LogP contribution in [0.2, 0.25) is 0 Å². The lowest BCUT2D eigenvalue weighted by molar-refractivity contribution is -0.109. The van der Waals surface area contributed by atoms with Crippen molar-refractivity contribution >= 4 is 12.1 Å². The van der Waals surface area contributed by atoms with Crippen molar-refractivity contribution in [3.05, 3.63) is 47.0 Å². The van der Waals surface area contributed by atoms with Crippen LogP contribution in [-0.4, -0.2) is 28.0 Å². The maximum atomic E-state index is 11.8. The number of hydrogen-bond donors (Lipinski definition) is 2. The molecule has 2 aromatic rings. The van der Waals surface area contributed by atoms with Gasteiger partial charge in [-0.05, 0) is 38.8 Å². The highest BCUT2D eigenvalue weighted by Crippen LogP contribution is 2.31. The number of aryl methyl sites for hydroxylation is 1. The van der Waals surface area contributed by atoms with E-state index < -0.39 is 12.3 Å². The largest absolute Gasteiger partial charge is 0.476 e. The van der Waals surface area contributed by atoms with E-state index in [1.165, 1.54) is 0 Å². The molecule has 144 valence electrons. The Morgan fingerprint density at radius 2 is 2.11 bits per heavy atom. The summed E-state index contributed by atoms with van der Waals surface area (Å²) < 4.78 is 7.51. The number of benzene rings is 1. The second-order valence-electron chi connectivity index (χ2n) is 6.81. The van der Waals surface area contributed by atoms with Gasteiger partial charge in [-0.3, -0.25) is 11.2 Å². The number of ether oxygens (including phenoxy) is 1. The zero-order valence-corrected chi connectivity index (χ0v) is 16.3. The van der Waals surface area contributed by atoms with Crippen LogP contribution in [0.4, 0.5) is 0 Å². The molecule has 2 heterocycles. The van der Waals surface area contributed by atoms with Gasteiger partial charge in [0, 0.05) is 11.5 Å². The van der Waals surface area contributed by atoms with Crippen molar-refractivity contribution in [2.24, 2.45) is 10.7 Å². The molecule has 2 unspecified atom stereocenters. The zero-order valence-electron chi connectivity index (χ0n) is 16.3. The van der Waals surface area contributed by atoms with Crippen molar-refractivity contribution in [1.82, 2.24) is 9.66 Å². The lowest BCUT2D eigenvalue weighted by Crippen LogP contribution is -2.33. The molecule has 2 atom stereocenters. The molecule has 7 heteroatoms. The van der Waals surface area contributed by atoms with E-state index in [0.29, 0.717) is 17.5 Å². The SMILES string of the molecule is CCC(CC)c1nc(C)c2n1NC(c1cccc(OC(C)N)c1)=NC2C=O. The summed E-state index contributed by atoms with van der Waals surface area (Å²) in [4.78, 5) is 21.1. The molecule has 3 rings (SSSR count). The molecule has 0 radical (unpaired) electrons. The van der Waals surface area contributed by atoms with Gasteiger partial charge in [-0.2, -0.15) is 0 Å². The fourth-order valence-electron chi connectivity index (χ4n) is 3.46. The number of aromatic nitrogens is 2. The number of imidazole rings is 1. The highest BCUT2D eigenvalue weighted by atomic mass is 16.5. The number of carbonyl (C=O) groups excluding carboxylic acids is 1. The molecule has 0 amide bonds. The van der Waals surface area contributed by atoms with Gasteiger partial charge in [-0.15, -0.1) is 0 Å². The minimum absolute atomic E-state index is 0.310. The minimum Gasteiger partial charge on any atom is -0.476 e. The van der Waals surface area contributed by atoms with Gasteiger partial charge in [0.2, 0.25) is 0 Å². The van der Waals surface area contributed by atoms with Crippen LogP contribution >= 0.6 is 0 Å².